The van der Waals surface area contributed by atoms with E-state index in [9.17, 15) is 21.8 Å². The van der Waals surface area contributed by atoms with Gasteiger partial charge in [0, 0.05) is 0 Å². The second-order valence-electron chi connectivity index (χ2n) is 4.17. The van der Waals surface area contributed by atoms with Crippen molar-refractivity contribution in [2.24, 2.45) is 0 Å². The number of hydrogen-bond donors (Lipinski definition) is 2. The van der Waals surface area contributed by atoms with Gasteiger partial charge in [-0.05, 0) is 25.7 Å². The topological polar surface area (TPSA) is 110 Å². The Hall–Kier alpha value is -0.580. The van der Waals surface area contributed by atoms with Gasteiger partial charge in [0.2, 0.25) is 0 Å². The summed E-state index contributed by atoms with van der Waals surface area (Å²) in [7, 11) is -4.65. The van der Waals surface area contributed by atoms with Crippen molar-refractivity contribution in [3.8, 4) is 0 Å². The van der Waals surface area contributed by atoms with Crippen molar-refractivity contribution >= 4 is 27.1 Å². The average Bonchev–Trinajstić information content (AvgIpc) is 2.36. The highest BCUT2D eigenvalue weighted by Gasteiger charge is 2.35. The van der Waals surface area contributed by atoms with Crippen molar-refractivity contribution in [2.75, 3.05) is 5.88 Å². The van der Waals surface area contributed by atoms with Gasteiger partial charge in [-0.15, -0.1) is 0 Å². The fourth-order valence-corrected chi connectivity index (χ4v) is 3.25. The molecule has 0 aliphatic heterocycles. The summed E-state index contributed by atoms with van der Waals surface area (Å²) in [5, 5.41) is 0. The molecule has 1 aliphatic carbocycles. The molecule has 2 N–H and O–H groups in total. The van der Waals surface area contributed by atoms with Crippen LogP contribution >= 0.6 is 0 Å². The van der Waals surface area contributed by atoms with E-state index in [1.807, 2.05) is 0 Å². The Labute approximate surface area is 113 Å². The van der Waals surface area contributed by atoms with E-state index >= 15 is 0 Å². The average molecular weight is 317 g/mol. The maximum absolute atomic E-state index is 13.5. The SMILES string of the molecule is O=C(OC1CCCCC1)C(F)S(=O)(=O)NCS(=O)O. The number of rotatable bonds is 6. The largest absolute Gasteiger partial charge is 0.459 e. The lowest BCUT2D eigenvalue weighted by Crippen LogP contribution is -2.40. The molecule has 2 unspecified atom stereocenters. The normalized spacial score (nSPS) is 20.7. The van der Waals surface area contributed by atoms with E-state index in [0.29, 0.717) is 12.8 Å². The molecule has 1 fully saturated rings. The fraction of sp³-hybridized carbons (Fsp3) is 0.889. The van der Waals surface area contributed by atoms with Crippen LogP contribution in [0.15, 0.2) is 0 Å². The van der Waals surface area contributed by atoms with Crippen LogP contribution in [-0.2, 0) is 30.6 Å². The molecule has 10 heteroatoms. The number of hydrogen-bond acceptors (Lipinski definition) is 5. The Balaban J connectivity index is 2.52. The lowest BCUT2D eigenvalue weighted by molar-refractivity contribution is -0.153. The van der Waals surface area contributed by atoms with Crippen LogP contribution in [0.5, 0.6) is 0 Å². The second kappa shape index (κ2) is 7.27. The lowest BCUT2D eigenvalue weighted by Gasteiger charge is -2.22. The molecule has 19 heavy (non-hydrogen) atoms. The first kappa shape index (κ1) is 16.5. The van der Waals surface area contributed by atoms with Crippen LogP contribution in [0, 0.1) is 0 Å². The molecule has 0 spiro atoms. The quantitative estimate of drug-likeness (QED) is 0.537. The van der Waals surface area contributed by atoms with Crippen LogP contribution in [0.4, 0.5) is 4.39 Å². The number of nitrogens with one attached hydrogen (secondary N) is 1. The van der Waals surface area contributed by atoms with Crippen LogP contribution < -0.4 is 4.72 Å². The summed E-state index contributed by atoms with van der Waals surface area (Å²) < 4.78 is 61.0. The molecule has 0 amide bonds. The highest BCUT2D eigenvalue weighted by atomic mass is 32.2. The highest BCUT2D eigenvalue weighted by Crippen LogP contribution is 2.21. The highest BCUT2D eigenvalue weighted by molar-refractivity contribution is 7.91. The van der Waals surface area contributed by atoms with Gasteiger partial charge in [-0.2, -0.15) is 4.72 Å². The number of halogens is 1. The Morgan fingerprint density at radius 1 is 1.42 bits per heavy atom. The smallest absolute Gasteiger partial charge is 0.358 e. The van der Waals surface area contributed by atoms with Crippen LogP contribution in [0.2, 0.25) is 0 Å². The number of alkyl halides is 1. The number of carbonyl (C=O) groups is 1. The molecule has 1 aliphatic rings. The zero-order chi connectivity index (χ0) is 14.5. The Morgan fingerprint density at radius 2 is 2.00 bits per heavy atom. The monoisotopic (exact) mass is 317 g/mol. The van der Waals surface area contributed by atoms with E-state index in [-0.39, 0.29) is 0 Å². The van der Waals surface area contributed by atoms with Gasteiger partial charge in [-0.25, -0.2) is 21.8 Å². The summed E-state index contributed by atoms with van der Waals surface area (Å²) >= 11 is -2.46. The number of ether oxygens (including phenoxy) is 1. The van der Waals surface area contributed by atoms with Gasteiger partial charge >= 0.3 is 11.5 Å². The van der Waals surface area contributed by atoms with Crippen LogP contribution in [-0.4, -0.2) is 40.6 Å². The second-order valence-corrected chi connectivity index (χ2v) is 6.89. The summed E-state index contributed by atoms with van der Waals surface area (Å²) in [6.07, 6.45) is 3.43. The van der Waals surface area contributed by atoms with Crippen LogP contribution in [0.1, 0.15) is 32.1 Å². The molecule has 0 saturated heterocycles. The zero-order valence-corrected chi connectivity index (χ0v) is 11.7. The molecular weight excluding hydrogens is 301 g/mol. The van der Waals surface area contributed by atoms with Crippen molar-refractivity contribution in [1.82, 2.24) is 4.72 Å². The van der Waals surface area contributed by atoms with Gasteiger partial charge in [-0.1, -0.05) is 6.42 Å². The molecule has 0 heterocycles. The molecule has 0 radical (unpaired) electrons. The summed E-state index contributed by atoms with van der Waals surface area (Å²) in [6.45, 7) is 0. The maximum atomic E-state index is 13.5. The van der Waals surface area contributed by atoms with Crippen molar-refractivity contribution in [3.63, 3.8) is 0 Å². The lowest BCUT2D eigenvalue weighted by atomic mass is 9.98. The van der Waals surface area contributed by atoms with Crippen molar-refractivity contribution in [3.05, 3.63) is 0 Å². The molecule has 7 nitrogen and oxygen atoms in total. The van der Waals surface area contributed by atoms with E-state index in [0.717, 1.165) is 19.3 Å². The van der Waals surface area contributed by atoms with Crippen LogP contribution in [0.25, 0.3) is 0 Å². The third-order valence-corrected chi connectivity index (χ3v) is 4.53. The Kier molecular flexibility index (Phi) is 6.30. The minimum atomic E-state index is -4.65. The Bertz CT molecular complexity index is 434. The van der Waals surface area contributed by atoms with Gasteiger partial charge in [-0.3, -0.25) is 0 Å². The molecule has 1 saturated carbocycles. The van der Waals surface area contributed by atoms with Gasteiger partial charge in [0.1, 0.15) is 12.0 Å². The summed E-state index contributed by atoms with van der Waals surface area (Å²) in [5.74, 6) is -2.36. The van der Waals surface area contributed by atoms with E-state index in [1.165, 1.54) is 4.72 Å². The molecule has 2 atom stereocenters. The molecule has 112 valence electrons. The maximum Gasteiger partial charge on any atom is 0.358 e. The van der Waals surface area contributed by atoms with Gasteiger partial charge < -0.3 is 9.29 Å². The van der Waals surface area contributed by atoms with Crippen LogP contribution in [0.3, 0.4) is 0 Å². The predicted octanol–water partition coefficient (Wildman–Crippen LogP) is 0.256. The summed E-state index contributed by atoms with van der Waals surface area (Å²) in [6, 6.07) is 0. The van der Waals surface area contributed by atoms with E-state index in [4.69, 9.17) is 9.29 Å². The number of esters is 1. The van der Waals surface area contributed by atoms with Crippen molar-refractivity contribution in [1.29, 1.82) is 0 Å². The van der Waals surface area contributed by atoms with Crippen molar-refractivity contribution < 1.29 is 31.1 Å². The van der Waals surface area contributed by atoms with Gasteiger partial charge in [0.25, 0.3) is 10.0 Å². The molecule has 0 bridgehead atoms. The van der Waals surface area contributed by atoms with Gasteiger partial charge in [0.15, 0.2) is 11.1 Å². The molecule has 0 aromatic carbocycles. The first-order chi connectivity index (χ1) is 8.83. The first-order valence-corrected chi connectivity index (χ1v) is 8.55. The third-order valence-electron chi connectivity index (χ3n) is 2.68. The Morgan fingerprint density at radius 3 is 2.53 bits per heavy atom. The third kappa shape index (κ3) is 5.51. The van der Waals surface area contributed by atoms with E-state index < -0.39 is 44.6 Å². The summed E-state index contributed by atoms with van der Waals surface area (Å²) in [4.78, 5) is 11.3. The summed E-state index contributed by atoms with van der Waals surface area (Å²) in [5.41, 5.74) is -2.89. The fourth-order valence-electron chi connectivity index (χ4n) is 1.73. The number of carbonyl (C=O) groups excluding carboxylic acids is 1. The molecule has 1 rings (SSSR count). The minimum absolute atomic E-state index is 0.457. The zero-order valence-electron chi connectivity index (χ0n) is 10.1. The molecule has 0 aromatic heterocycles. The van der Waals surface area contributed by atoms with Gasteiger partial charge in [0.05, 0.1) is 0 Å². The molecule has 0 aromatic rings. The predicted molar refractivity (Wildman–Crippen MR) is 65.6 cm³/mol. The standard InChI is InChI=1S/C9H16FNO6S2/c10-8(19(15,16)11-6-18(13)14)9(12)17-7-4-2-1-3-5-7/h7-8,11H,1-6H2,(H,13,14). The minimum Gasteiger partial charge on any atom is -0.459 e. The van der Waals surface area contributed by atoms with E-state index in [2.05, 4.69) is 0 Å². The molecular formula is C9H16FNO6S2. The number of sulfonamides is 1. The van der Waals surface area contributed by atoms with E-state index in [1.54, 1.807) is 0 Å². The first-order valence-electron chi connectivity index (χ1n) is 5.73. The van der Waals surface area contributed by atoms with Crippen molar-refractivity contribution in [2.45, 2.75) is 43.7 Å².